The Morgan fingerprint density at radius 3 is 2.63 bits per heavy atom. The van der Waals surface area contributed by atoms with E-state index in [4.69, 9.17) is 5.11 Å². The summed E-state index contributed by atoms with van der Waals surface area (Å²) in [5.41, 5.74) is 2.66. The van der Waals surface area contributed by atoms with Crippen molar-refractivity contribution in [1.82, 2.24) is 5.32 Å². The fourth-order valence-corrected chi connectivity index (χ4v) is 1.38. The highest BCUT2D eigenvalue weighted by molar-refractivity contribution is 5.72. The molecule has 0 radical (unpaired) electrons. The topological polar surface area (TPSA) is 58.6 Å². The lowest BCUT2D eigenvalue weighted by Crippen LogP contribution is -2.25. The van der Waals surface area contributed by atoms with Crippen LogP contribution in [0.1, 0.15) is 25.0 Å². The fraction of sp³-hybridized carbons (Fsp3) is 0.400. The van der Waals surface area contributed by atoms with E-state index >= 15 is 0 Å². The molecule has 0 bridgehead atoms. The van der Waals surface area contributed by atoms with Crippen LogP contribution in [0.5, 0.6) is 0 Å². The number of hydrogen-bond donors (Lipinski definition) is 2. The van der Waals surface area contributed by atoms with Crippen molar-refractivity contribution in [2.24, 2.45) is 0 Å². The number of aliphatic hydroxyl groups excluding tert-OH is 1. The maximum absolute atomic E-state index is 10.9. The molecule has 2 N–H and O–H groups in total. The van der Waals surface area contributed by atoms with Crippen LogP contribution in [-0.4, -0.2) is 31.3 Å². The first-order valence-electron chi connectivity index (χ1n) is 6.33. The second-order valence-corrected chi connectivity index (χ2v) is 3.64. The number of methoxy groups -OCH3 is 1. The van der Waals surface area contributed by atoms with E-state index in [1.54, 1.807) is 0 Å². The maximum atomic E-state index is 10.9. The lowest BCUT2D eigenvalue weighted by atomic mass is 10.0. The number of nitrogens with one attached hydrogen (secondary N) is 1. The molecule has 0 saturated heterocycles. The zero-order chi connectivity index (χ0) is 14.7. The molecule has 0 aliphatic rings. The molecule has 1 aromatic rings. The zero-order valence-electron chi connectivity index (χ0n) is 11.9. The standard InChI is InChI=1S/C13H17NO3.C2H6/c1-10(7-14-8-13(16)17-2)12-5-3-4-11(6-12)9-15;1-2/h3-6,14-15H,1,7-9H2,2H3;1-2H3. The third-order valence-corrected chi connectivity index (χ3v) is 2.35. The van der Waals surface area contributed by atoms with Crippen LogP contribution in [0.15, 0.2) is 30.8 Å². The van der Waals surface area contributed by atoms with E-state index in [9.17, 15) is 4.79 Å². The van der Waals surface area contributed by atoms with Gasteiger partial charge in [-0.3, -0.25) is 4.79 Å². The van der Waals surface area contributed by atoms with Crippen LogP contribution in [0.2, 0.25) is 0 Å². The Labute approximate surface area is 115 Å². The van der Waals surface area contributed by atoms with E-state index in [-0.39, 0.29) is 19.1 Å². The van der Waals surface area contributed by atoms with E-state index < -0.39 is 0 Å². The molecule has 0 amide bonds. The Morgan fingerprint density at radius 1 is 1.37 bits per heavy atom. The van der Waals surface area contributed by atoms with Crippen LogP contribution in [-0.2, 0) is 16.1 Å². The van der Waals surface area contributed by atoms with Gasteiger partial charge in [-0.25, -0.2) is 0 Å². The molecular weight excluding hydrogens is 242 g/mol. The number of ether oxygens (including phenoxy) is 1. The third-order valence-electron chi connectivity index (χ3n) is 2.35. The van der Waals surface area contributed by atoms with Crippen molar-refractivity contribution < 1.29 is 14.6 Å². The van der Waals surface area contributed by atoms with Crippen molar-refractivity contribution in [2.45, 2.75) is 20.5 Å². The molecule has 1 rings (SSSR count). The molecule has 4 heteroatoms. The molecule has 0 aliphatic carbocycles. The van der Waals surface area contributed by atoms with Crippen LogP contribution < -0.4 is 5.32 Å². The summed E-state index contributed by atoms with van der Waals surface area (Å²) in [7, 11) is 1.35. The van der Waals surface area contributed by atoms with Gasteiger partial charge in [-0.05, 0) is 22.8 Å². The van der Waals surface area contributed by atoms with E-state index in [1.165, 1.54) is 7.11 Å². The van der Waals surface area contributed by atoms with Gasteiger partial charge in [0.1, 0.15) is 0 Å². The van der Waals surface area contributed by atoms with Gasteiger partial charge in [-0.1, -0.05) is 38.6 Å². The Morgan fingerprint density at radius 2 is 2.05 bits per heavy atom. The van der Waals surface area contributed by atoms with Gasteiger partial charge in [0.05, 0.1) is 20.3 Å². The molecule has 0 unspecified atom stereocenters. The highest BCUT2D eigenvalue weighted by Gasteiger charge is 2.02. The number of hydrogen-bond acceptors (Lipinski definition) is 4. The Kier molecular flexibility index (Phi) is 9.40. The number of carbonyl (C=O) groups excluding carboxylic acids is 1. The van der Waals surface area contributed by atoms with E-state index in [0.29, 0.717) is 6.54 Å². The van der Waals surface area contributed by atoms with Crippen LogP contribution in [0, 0.1) is 0 Å². The maximum Gasteiger partial charge on any atom is 0.319 e. The largest absolute Gasteiger partial charge is 0.468 e. The smallest absolute Gasteiger partial charge is 0.319 e. The molecular formula is C15H23NO3. The van der Waals surface area contributed by atoms with Gasteiger partial charge in [0.25, 0.3) is 0 Å². The number of esters is 1. The summed E-state index contributed by atoms with van der Waals surface area (Å²) in [4.78, 5) is 10.9. The predicted octanol–water partition coefficient (Wildman–Crippen LogP) is 1.98. The van der Waals surface area contributed by atoms with Gasteiger partial charge in [0.15, 0.2) is 0 Å². The van der Waals surface area contributed by atoms with Crippen LogP contribution in [0.3, 0.4) is 0 Å². The Hall–Kier alpha value is -1.65. The summed E-state index contributed by atoms with van der Waals surface area (Å²) < 4.78 is 4.51. The summed E-state index contributed by atoms with van der Waals surface area (Å²) in [6.45, 7) is 8.60. The van der Waals surface area contributed by atoms with Crippen molar-refractivity contribution >= 4 is 11.5 Å². The molecule has 19 heavy (non-hydrogen) atoms. The molecule has 0 spiro atoms. The lowest BCUT2D eigenvalue weighted by molar-refractivity contribution is -0.139. The SMILES string of the molecule is C=C(CNCC(=O)OC)c1cccc(CO)c1.CC. The first-order chi connectivity index (χ1) is 9.17. The van der Waals surface area contributed by atoms with Gasteiger partial charge in [0, 0.05) is 6.54 Å². The molecule has 0 aliphatic heterocycles. The van der Waals surface area contributed by atoms with Gasteiger partial charge in [-0.2, -0.15) is 0 Å². The highest BCUT2D eigenvalue weighted by Crippen LogP contribution is 2.13. The van der Waals surface area contributed by atoms with Crippen molar-refractivity contribution in [1.29, 1.82) is 0 Å². The summed E-state index contributed by atoms with van der Waals surface area (Å²) in [6, 6.07) is 7.51. The lowest BCUT2D eigenvalue weighted by Gasteiger charge is -2.08. The van der Waals surface area contributed by atoms with Gasteiger partial charge < -0.3 is 15.2 Å². The molecule has 0 heterocycles. The average molecular weight is 265 g/mol. The molecule has 0 aromatic heterocycles. The monoisotopic (exact) mass is 265 g/mol. The molecule has 106 valence electrons. The first kappa shape index (κ1) is 17.4. The quantitative estimate of drug-likeness (QED) is 0.772. The second kappa shape index (κ2) is 10.3. The number of rotatable bonds is 6. The molecule has 4 nitrogen and oxygen atoms in total. The Bertz CT molecular complexity index is 402. The van der Waals surface area contributed by atoms with Crippen LogP contribution in [0.4, 0.5) is 0 Å². The van der Waals surface area contributed by atoms with Crippen molar-refractivity contribution in [3.8, 4) is 0 Å². The summed E-state index contributed by atoms with van der Waals surface area (Å²) in [5.74, 6) is -0.304. The number of benzene rings is 1. The minimum atomic E-state index is -0.304. The third kappa shape index (κ3) is 6.74. The van der Waals surface area contributed by atoms with E-state index in [1.807, 2.05) is 38.1 Å². The highest BCUT2D eigenvalue weighted by atomic mass is 16.5. The second-order valence-electron chi connectivity index (χ2n) is 3.64. The van der Waals surface area contributed by atoms with Crippen LogP contribution >= 0.6 is 0 Å². The van der Waals surface area contributed by atoms with E-state index in [0.717, 1.165) is 16.7 Å². The van der Waals surface area contributed by atoms with Crippen molar-refractivity contribution in [3.05, 3.63) is 42.0 Å². The summed E-state index contributed by atoms with van der Waals surface area (Å²) >= 11 is 0. The normalized spacial score (nSPS) is 9.26. The predicted molar refractivity (Wildman–Crippen MR) is 77.6 cm³/mol. The average Bonchev–Trinajstić information content (AvgIpc) is 2.49. The Balaban J connectivity index is 0.00000154. The van der Waals surface area contributed by atoms with Crippen LogP contribution in [0.25, 0.3) is 5.57 Å². The van der Waals surface area contributed by atoms with Gasteiger partial charge in [-0.15, -0.1) is 0 Å². The van der Waals surface area contributed by atoms with Crippen molar-refractivity contribution in [2.75, 3.05) is 20.2 Å². The number of carbonyl (C=O) groups is 1. The fourth-order valence-electron chi connectivity index (χ4n) is 1.38. The van der Waals surface area contributed by atoms with Gasteiger partial charge in [0.2, 0.25) is 0 Å². The van der Waals surface area contributed by atoms with E-state index in [2.05, 4.69) is 16.6 Å². The number of aliphatic hydroxyl groups is 1. The van der Waals surface area contributed by atoms with Crippen molar-refractivity contribution in [3.63, 3.8) is 0 Å². The molecule has 0 fully saturated rings. The first-order valence-corrected chi connectivity index (χ1v) is 6.33. The molecule has 1 aromatic carbocycles. The summed E-state index contributed by atoms with van der Waals surface area (Å²) in [6.07, 6.45) is 0. The molecule has 0 atom stereocenters. The molecule has 0 saturated carbocycles. The summed E-state index contributed by atoms with van der Waals surface area (Å²) in [5, 5.41) is 12.0. The minimum absolute atomic E-state index is 0.0106. The zero-order valence-corrected chi connectivity index (χ0v) is 11.9. The minimum Gasteiger partial charge on any atom is -0.468 e. The van der Waals surface area contributed by atoms with Gasteiger partial charge >= 0.3 is 5.97 Å².